The molecule has 0 saturated heterocycles. The monoisotopic (exact) mass is 338 g/mol. The molecule has 5 heteroatoms. The van der Waals surface area contributed by atoms with Crippen molar-refractivity contribution < 1.29 is 19.1 Å². The van der Waals surface area contributed by atoms with Crippen LogP contribution in [0.5, 0.6) is 0 Å². The molecule has 0 aromatic heterocycles. The first-order valence-electron chi connectivity index (χ1n) is 8.24. The summed E-state index contributed by atoms with van der Waals surface area (Å²) in [4.78, 5) is 11.9. The van der Waals surface area contributed by atoms with E-state index in [0.717, 1.165) is 5.56 Å². The number of aliphatic hydroxyl groups is 1. The van der Waals surface area contributed by atoms with Crippen molar-refractivity contribution in [1.29, 1.82) is 0 Å². The van der Waals surface area contributed by atoms with Crippen LogP contribution in [0.1, 0.15) is 32.4 Å². The molecule has 1 rings (SSSR count). The summed E-state index contributed by atoms with van der Waals surface area (Å²) in [6.07, 6.45) is -1.06. The number of hydrogen-bond acceptors (Lipinski definition) is 4. The fraction of sp³-hybridized carbons (Fsp3) is 0.611. The third-order valence-corrected chi connectivity index (χ3v) is 4.76. The Balaban J connectivity index is 2.99. The van der Waals surface area contributed by atoms with Crippen molar-refractivity contribution in [3.8, 4) is 0 Å². The molecule has 0 heterocycles. The lowest BCUT2D eigenvalue weighted by molar-refractivity contribution is -0.153. The molecule has 130 valence electrons. The number of hydrogen-bond donors (Lipinski definition) is 1. The van der Waals surface area contributed by atoms with Crippen molar-refractivity contribution in [2.24, 2.45) is 11.8 Å². The zero-order valence-electron chi connectivity index (χ0n) is 15.1. The van der Waals surface area contributed by atoms with Crippen LogP contribution in [0.25, 0.3) is 0 Å². The van der Waals surface area contributed by atoms with Crippen LogP contribution in [0.2, 0.25) is 19.6 Å². The summed E-state index contributed by atoms with van der Waals surface area (Å²) in [5.74, 6) is -1.17. The second kappa shape index (κ2) is 8.62. The van der Waals surface area contributed by atoms with E-state index in [4.69, 9.17) is 9.16 Å². The smallest absolute Gasteiger partial charge is 0.311 e. The first kappa shape index (κ1) is 19.9. The van der Waals surface area contributed by atoms with Crippen LogP contribution in [-0.2, 0) is 14.0 Å². The maximum absolute atomic E-state index is 11.9. The summed E-state index contributed by atoms with van der Waals surface area (Å²) in [5.41, 5.74) is 1.03. The third-order valence-electron chi connectivity index (χ3n) is 3.80. The van der Waals surface area contributed by atoms with Crippen LogP contribution in [0.4, 0.5) is 0 Å². The van der Waals surface area contributed by atoms with E-state index in [1.165, 1.54) is 0 Å². The van der Waals surface area contributed by atoms with Gasteiger partial charge in [-0.25, -0.2) is 0 Å². The fourth-order valence-electron chi connectivity index (χ4n) is 2.55. The highest BCUT2D eigenvalue weighted by atomic mass is 28.4. The number of ether oxygens (including phenoxy) is 1. The Hall–Kier alpha value is -1.17. The maximum Gasteiger partial charge on any atom is 0.311 e. The summed E-state index contributed by atoms with van der Waals surface area (Å²) in [6.45, 7) is 12.1. The summed E-state index contributed by atoms with van der Waals surface area (Å²) in [6, 6.07) is 9.89. The molecule has 1 aromatic rings. The molecule has 23 heavy (non-hydrogen) atoms. The highest BCUT2D eigenvalue weighted by Crippen LogP contribution is 2.33. The molecule has 0 radical (unpaired) electrons. The highest BCUT2D eigenvalue weighted by molar-refractivity contribution is 6.69. The Bertz CT molecular complexity index is 484. The summed E-state index contributed by atoms with van der Waals surface area (Å²) in [5, 5.41) is 10.6. The lowest BCUT2D eigenvalue weighted by Crippen LogP contribution is -2.39. The van der Waals surface area contributed by atoms with Crippen molar-refractivity contribution in [2.75, 3.05) is 6.61 Å². The van der Waals surface area contributed by atoms with Crippen molar-refractivity contribution in [3.63, 3.8) is 0 Å². The lowest BCUT2D eigenvalue weighted by Gasteiger charge is -2.35. The Kier molecular flexibility index (Phi) is 7.44. The van der Waals surface area contributed by atoms with Gasteiger partial charge in [-0.3, -0.25) is 4.79 Å². The van der Waals surface area contributed by atoms with Gasteiger partial charge in [0.05, 0.1) is 24.7 Å². The van der Waals surface area contributed by atoms with Gasteiger partial charge in [0, 0.05) is 5.92 Å². The van der Waals surface area contributed by atoms with Gasteiger partial charge in [-0.2, -0.15) is 0 Å². The minimum atomic E-state index is -1.82. The molecular weight excluding hydrogens is 308 g/mol. The van der Waals surface area contributed by atoms with E-state index in [2.05, 4.69) is 19.6 Å². The normalized spacial score (nSPS) is 17.2. The second-order valence-electron chi connectivity index (χ2n) is 6.95. The van der Waals surface area contributed by atoms with E-state index < -0.39 is 20.3 Å². The van der Waals surface area contributed by atoms with Gasteiger partial charge in [-0.05, 0) is 39.1 Å². The summed E-state index contributed by atoms with van der Waals surface area (Å²) < 4.78 is 11.4. The largest absolute Gasteiger partial charge is 0.466 e. The van der Waals surface area contributed by atoms with E-state index in [9.17, 15) is 9.90 Å². The van der Waals surface area contributed by atoms with Crippen LogP contribution >= 0.6 is 0 Å². The Morgan fingerprint density at radius 1 is 1.17 bits per heavy atom. The molecule has 4 nitrogen and oxygen atoms in total. The van der Waals surface area contributed by atoms with Gasteiger partial charge >= 0.3 is 5.97 Å². The van der Waals surface area contributed by atoms with Crippen molar-refractivity contribution in [2.45, 2.75) is 52.6 Å². The molecule has 0 aliphatic heterocycles. The van der Waals surface area contributed by atoms with E-state index in [1.54, 1.807) is 13.8 Å². The topological polar surface area (TPSA) is 55.8 Å². The maximum atomic E-state index is 11.9. The number of carbonyl (C=O) groups excluding carboxylic acids is 1. The number of carbonyl (C=O) groups is 1. The van der Waals surface area contributed by atoms with Crippen molar-refractivity contribution >= 4 is 14.3 Å². The van der Waals surface area contributed by atoms with Gasteiger partial charge in [0.2, 0.25) is 0 Å². The Labute approximate surface area is 140 Å². The Morgan fingerprint density at radius 3 is 2.22 bits per heavy atom. The average molecular weight is 339 g/mol. The van der Waals surface area contributed by atoms with Gasteiger partial charge in [0.15, 0.2) is 8.32 Å². The predicted molar refractivity (Wildman–Crippen MR) is 94.6 cm³/mol. The summed E-state index contributed by atoms with van der Waals surface area (Å²) >= 11 is 0. The van der Waals surface area contributed by atoms with E-state index in [-0.39, 0.29) is 18.0 Å². The van der Waals surface area contributed by atoms with Gasteiger partial charge in [-0.15, -0.1) is 0 Å². The van der Waals surface area contributed by atoms with Gasteiger partial charge in [0.1, 0.15) is 0 Å². The zero-order valence-corrected chi connectivity index (χ0v) is 16.1. The van der Waals surface area contributed by atoms with Gasteiger partial charge in [0.25, 0.3) is 0 Å². The minimum absolute atomic E-state index is 0.219. The molecular formula is C18H30O4Si. The van der Waals surface area contributed by atoms with Crippen LogP contribution in [0.15, 0.2) is 30.3 Å². The van der Waals surface area contributed by atoms with Gasteiger partial charge < -0.3 is 14.3 Å². The third kappa shape index (κ3) is 6.09. The first-order valence-corrected chi connectivity index (χ1v) is 11.7. The van der Waals surface area contributed by atoms with E-state index >= 15 is 0 Å². The molecule has 0 fully saturated rings. The number of benzene rings is 1. The number of esters is 1. The van der Waals surface area contributed by atoms with Crippen LogP contribution in [-0.4, -0.2) is 32.1 Å². The minimum Gasteiger partial charge on any atom is -0.466 e. The molecule has 0 amide bonds. The molecule has 4 atom stereocenters. The molecule has 0 saturated carbocycles. The number of aliphatic hydroxyl groups excluding tert-OH is 1. The molecule has 1 aromatic carbocycles. The van der Waals surface area contributed by atoms with Crippen LogP contribution in [0, 0.1) is 11.8 Å². The van der Waals surface area contributed by atoms with Crippen molar-refractivity contribution in [1.82, 2.24) is 0 Å². The van der Waals surface area contributed by atoms with E-state index in [0.29, 0.717) is 6.61 Å². The zero-order chi connectivity index (χ0) is 17.6. The highest BCUT2D eigenvalue weighted by Gasteiger charge is 2.35. The fourth-order valence-corrected chi connectivity index (χ4v) is 3.66. The first-order chi connectivity index (χ1) is 10.7. The van der Waals surface area contributed by atoms with Gasteiger partial charge in [-0.1, -0.05) is 37.3 Å². The SMILES string of the molecule is CCOC(=O)[C@H](C)[C@@H](O)[C@@H](C)[C@H](O[Si](C)(C)C)c1ccccc1. The van der Waals surface area contributed by atoms with Crippen molar-refractivity contribution in [3.05, 3.63) is 35.9 Å². The molecule has 1 N–H and O–H groups in total. The van der Waals surface area contributed by atoms with E-state index in [1.807, 2.05) is 37.3 Å². The molecule has 0 bridgehead atoms. The predicted octanol–water partition coefficient (Wildman–Crippen LogP) is 3.78. The van der Waals surface area contributed by atoms with Crippen LogP contribution < -0.4 is 0 Å². The standard InChI is InChI=1S/C18H30O4Si/c1-7-21-18(20)14(3)16(19)13(2)17(22-23(4,5)6)15-11-9-8-10-12-15/h8-14,16-17,19H,7H2,1-6H3/t13-,14-,16+,17+/m1/s1. The molecule has 0 aliphatic carbocycles. The quantitative estimate of drug-likeness (QED) is 0.579. The number of rotatable bonds is 8. The average Bonchev–Trinajstić information content (AvgIpc) is 2.50. The molecule has 0 spiro atoms. The molecule has 0 aliphatic rings. The Morgan fingerprint density at radius 2 is 1.74 bits per heavy atom. The summed E-state index contributed by atoms with van der Waals surface area (Å²) in [7, 11) is -1.82. The lowest BCUT2D eigenvalue weighted by atomic mass is 9.86. The second-order valence-corrected chi connectivity index (χ2v) is 11.4. The molecule has 0 unspecified atom stereocenters. The van der Waals surface area contributed by atoms with Crippen LogP contribution in [0.3, 0.4) is 0 Å².